The minimum absolute atomic E-state index is 0.548. The Bertz CT molecular complexity index is 541. The largest absolute Gasteiger partial charge is 0.296 e. The maximum Gasteiger partial charge on any atom is 0.168 e. The van der Waals surface area contributed by atoms with Crippen molar-refractivity contribution in [2.45, 2.75) is 6.92 Å². The molecule has 0 saturated heterocycles. The van der Waals surface area contributed by atoms with E-state index in [0.29, 0.717) is 5.69 Å². The highest BCUT2D eigenvalue weighted by molar-refractivity contribution is 5.74. The number of hydrogen-bond donors (Lipinski definition) is 0. The van der Waals surface area contributed by atoms with E-state index in [1.807, 2.05) is 35.8 Å². The van der Waals surface area contributed by atoms with Crippen molar-refractivity contribution in [1.82, 2.24) is 9.55 Å². The van der Waals surface area contributed by atoms with Crippen LogP contribution in [0.15, 0.2) is 37.0 Å². The molecular formula is C13H12N2O. The Morgan fingerprint density at radius 3 is 2.81 bits per heavy atom. The molecule has 0 N–H and O–H groups in total. The van der Waals surface area contributed by atoms with Crippen LogP contribution in [-0.4, -0.2) is 15.8 Å². The molecule has 0 fully saturated rings. The molecule has 3 nitrogen and oxygen atoms in total. The summed E-state index contributed by atoms with van der Waals surface area (Å²) in [6.07, 6.45) is 4.14. The molecule has 2 aromatic rings. The third-order valence-electron chi connectivity index (χ3n) is 2.48. The van der Waals surface area contributed by atoms with Crippen LogP contribution >= 0.6 is 0 Å². The smallest absolute Gasteiger partial charge is 0.168 e. The third kappa shape index (κ3) is 1.56. The standard InChI is InChI=1S/C13H12N2O/c1-3-11-6-4-5-7-13(11)15-10(2)14-8-12(15)9-16/h3-9H,1H2,2H3. The normalized spacial score (nSPS) is 10.1. The van der Waals surface area contributed by atoms with E-state index < -0.39 is 0 Å². The summed E-state index contributed by atoms with van der Waals surface area (Å²) in [4.78, 5) is 15.1. The van der Waals surface area contributed by atoms with Crippen molar-refractivity contribution < 1.29 is 4.79 Å². The van der Waals surface area contributed by atoms with Gasteiger partial charge in [0.2, 0.25) is 0 Å². The molecule has 0 atom stereocenters. The topological polar surface area (TPSA) is 34.9 Å². The molecule has 0 radical (unpaired) electrons. The molecule has 80 valence electrons. The number of carbonyl (C=O) groups is 1. The Labute approximate surface area is 94.1 Å². The fourth-order valence-electron chi connectivity index (χ4n) is 1.72. The summed E-state index contributed by atoms with van der Waals surface area (Å²) in [5.74, 6) is 0.788. The van der Waals surface area contributed by atoms with Gasteiger partial charge in [-0.3, -0.25) is 9.36 Å². The summed E-state index contributed by atoms with van der Waals surface area (Å²) >= 11 is 0. The molecule has 1 aromatic carbocycles. The summed E-state index contributed by atoms with van der Waals surface area (Å²) in [5.41, 5.74) is 2.45. The molecule has 1 aromatic heterocycles. The summed E-state index contributed by atoms with van der Waals surface area (Å²) in [6, 6.07) is 7.76. The Morgan fingerprint density at radius 2 is 2.12 bits per heavy atom. The Kier molecular flexibility index (Phi) is 2.68. The van der Waals surface area contributed by atoms with Gasteiger partial charge in [-0.15, -0.1) is 0 Å². The van der Waals surface area contributed by atoms with Crippen LogP contribution in [0.2, 0.25) is 0 Å². The lowest BCUT2D eigenvalue weighted by Gasteiger charge is -2.10. The van der Waals surface area contributed by atoms with Gasteiger partial charge in [-0.25, -0.2) is 4.98 Å². The quantitative estimate of drug-likeness (QED) is 0.733. The molecule has 0 bridgehead atoms. The molecule has 1 heterocycles. The highest BCUT2D eigenvalue weighted by Crippen LogP contribution is 2.19. The van der Waals surface area contributed by atoms with E-state index in [1.165, 1.54) is 0 Å². The van der Waals surface area contributed by atoms with E-state index in [9.17, 15) is 4.79 Å². The van der Waals surface area contributed by atoms with Crippen LogP contribution in [0.1, 0.15) is 21.9 Å². The summed E-state index contributed by atoms with van der Waals surface area (Å²) in [5, 5.41) is 0. The van der Waals surface area contributed by atoms with Crippen molar-refractivity contribution in [3.8, 4) is 5.69 Å². The Balaban J connectivity index is 2.70. The fraction of sp³-hybridized carbons (Fsp3) is 0.0769. The Morgan fingerprint density at radius 1 is 1.38 bits per heavy atom. The molecule has 0 unspecified atom stereocenters. The van der Waals surface area contributed by atoms with Gasteiger partial charge in [0.25, 0.3) is 0 Å². The van der Waals surface area contributed by atoms with Gasteiger partial charge in [-0.2, -0.15) is 0 Å². The molecule has 2 rings (SSSR count). The van der Waals surface area contributed by atoms with Crippen LogP contribution < -0.4 is 0 Å². The number of nitrogens with zero attached hydrogens (tertiary/aromatic N) is 2. The van der Waals surface area contributed by atoms with Crippen LogP contribution in [0.5, 0.6) is 0 Å². The molecule has 16 heavy (non-hydrogen) atoms. The van der Waals surface area contributed by atoms with Gasteiger partial charge < -0.3 is 0 Å². The van der Waals surface area contributed by atoms with Gasteiger partial charge in [-0.1, -0.05) is 30.9 Å². The SMILES string of the molecule is C=Cc1ccccc1-n1c(C=O)cnc1C. The maximum absolute atomic E-state index is 10.9. The third-order valence-corrected chi connectivity index (χ3v) is 2.48. The number of carbonyl (C=O) groups excluding carboxylic acids is 1. The first-order valence-corrected chi connectivity index (χ1v) is 4.99. The number of aromatic nitrogens is 2. The first kappa shape index (κ1) is 10.4. The molecule has 0 aliphatic rings. The molecule has 0 saturated carbocycles. The second-order valence-corrected chi connectivity index (χ2v) is 3.45. The van der Waals surface area contributed by atoms with E-state index in [1.54, 1.807) is 12.3 Å². The minimum Gasteiger partial charge on any atom is -0.296 e. The molecule has 3 heteroatoms. The lowest BCUT2D eigenvalue weighted by atomic mass is 10.1. The number of imidazole rings is 1. The van der Waals surface area contributed by atoms with E-state index in [2.05, 4.69) is 11.6 Å². The van der Waals surface area contributed by atoms with Crippen molar-refractivity contribution in [3.63, 3.8) is 0 Å². The highest BCUT2D eigenvalue weighted by atomic mass is 16.1. The number of para-hydroxylation sites is 1. The van der Waals surface area contributed by atoms with Crippen molar-refractivity contribution in [2.24, 2.45) is 0 Å². The van der Waals surface area contributed by atoms with E-state index in [0.717, 1.165) is 23.4 Å². The molecule has 0 aliphatic carbocycles. The van der Waals surface area contributed by atoms with Gasteiger partial charge in [-0.05, 0) is 18.6 Å². The molecule has 0 amide bonds. The van der Waals surface area contributed by atoms with Crippen LogP contribution in [0.25, 0.3) is 11.8 Å². The second-order valence-electron chi connectivity index (χ2n) is 3.45. The first-order valence-electron chi connectivity index (χ1n) is 4.99. The van der Waals surface area contributed by atoms with Gasteiger partial charge in [0, 0.05) is 0 Å². The van der Waals surface area contributed by atoms with E-state index in [4.69, 9.17) is 0 Å². The molecule has 0 spiro atoms. The number of aldehydes is 1. The summed E-state index contributed by atoms with van der Waals surface area (Å²) in [7, 11) is 0. The highest BCUT2D eigenvalue weighted by Gasteiger charge is 2.09. The number of aryl methyl sites for hydroxylation is 1. The predicted molar refractivity (Wildman–Crippen MR) is 63.8 cm³/mol. The van der Waals surface area contributed by atoms with E-state index >= 15 is 0 Å². The monoisotopic (exact) mass is 212 g/mol. The average Bonchev–Trinajstić information content (AvgIpc) is 2.70. The van der Waals surface area contributed by atoms with Crippen LogP contribution in [0, 0.1) is 6.92 Å². The minimum atomic E-state index is 0.548. The lowest BCUT2D eigenvalue weighted by molar-refractivity contribution is 0.111. The molecule has 0 aliphatic heterocycles. The van der Waals surface area contributed by atoms with Crippen LogP contribution in [-0.2, 0) is 0 Å². The Hall–Kier alpha value is -2.16. The lowest BCUT2D eigenvalue weighted by Crippen LogP contribution is -2.03. The van der Waals surface area contributed by atoms with Crippen molar-refractivity contribution in [3.05, 3.63) is 54.1 Å². The van der Waals surface area contributed by atoms with Gasteiger partial charge in [0.1, 0.15) is 11.5 Å². The zero-order chi connectivity index (χ0) is 11.5. The van der Waals surface area contributed by atoms with Crippen molar-refractivity contribution >= 4 is 12.4 Å². The number of hydrogen-bond acceptors (Lipinski definition) is 2. The summed E-state index contributed by atoms with van der Waals surface area (Å²) in [6.45, 7) is 5.63. The first-order chi connectivity index (χ1) is 7.77. The van der Waals surface area contributed by atoms with Gasteiger partial charge >= 0.3 is 0 Å². The van der Waals surface area contributed by atoms with Crippen LogP contribution in [0.4, 0.5) is 0 Å². The fourth-order valence-corrected chi connectivity index (χ4v) is 1.72. The maximum atomic E-state index is 10.9. The van der Waals surface area contributed by atoms with Crippen molar-refractivity contribution in [2.75, 3.05) is 0 Å². The van der Waals surface area contributed by atoms with Crippen LogP contribution in [0.3, 0.4) is 0 Å². The van der Waals surface area contributed by atoms with Gasteiger partial charge in [0.15, 0.2) is 6.29 Å². The number of rotatable bonds is 3. The van der Waals surface area contributed by atoms with Crippen molar-refractivity contribution in [1.29, 1.82) is 0 Å². The zero-order valence-electron chi connectivity index (χ0n) is 9.05. The average molecular weight is 212 g/mol. The zero-order valence-corrected chi connectivity index (χ0v) is 9.05. The van der Waals surface area contributed by atoms with Gasteiger partial charge in [0.05, 0.1) is 11.9 Å². The number of benzene rings is 1. The summed E-state index contributed by atoms with van der Waals surface area (Å²) < 4.78 is 1.82. The second kappa shape index (κ2) is 4.14. The predicted octanol–water partition coefficient (Wildman–Crippen LogP) is 2.64. The van der Waals surface area contributed by atoms with E-state index in [-0.39, 0.29) is 0 Å². The molecular weight excluding hydrogens is 200 g/mol.